The lowest BCUT2D eigenvalue weighted by Crippen LogP contribution is -2.44. The molecule has 0 unspecified atom stereocenters. The zero-order valence-corrected chi connectivity index (χ0v) is 14.7. The minimum Gasteiger partial charge on any atom is -0.292 e. The van der Waals surface area contributed by atoms with E-state index in [1.54, 1.807) is 16.7 Å². The molecule has 0 bridgehead atoms. The molecule has 2 amide bonds. The lowest BCUT2D eigenvalue weighted by atomic mass is 10.2. The monoisotopic (exact) mass is 370 g/mol. The Morgan fingerprint density at radius 1 is 0.963 bits per heavy atom. The van der Waals surface area contributed by atoms with Gasteiger partial charge in [0.15, 0.2) is 0 Å². The second-order valence-electron chi connectivity index (χ2n) is 6.02. The summed E-state index contributed by atoms with van der Waals surface area (Å²) in [6.45, 7) is 2.28. The second-order valence-corrected chi connectivity index (χ2v) is 6.02. The van der Waals surface area contributed by atoms with E-state index in [-0.39, 0.29) is 17.8 Å². The molecule has 2 N–H and O–H groups in total. The maximum atomic E-state index is 12.9. The minimum absolute atomic E-state index is 0.202. The van der Waals surface area contributed by atoms with Crippen LogP contribution in [0.5, 0.6) is 0 Å². The van der Waals surface area contributed by atoms with Gasteiger partial charge in [0.05, 0.1) is 11.0 Å². The van der Waals surface area contributed by atoms with Crippen molar-refractivity contribution in [2.45, 2.75) is 26.4 Å². The van der Waals surface area contributed by atoms with E-state index >= 15 is 0 Å². The van der Waals surface area contributed by atoms with Crippen LogP contribution >= 0.6 is 0 Å². The number of hydrogen-bond donors (Lipinski definition) is 2. The summed E-state index contributed by atoms with van der Waals surface area (Å²) >= 11 is 0. The van der Waals surface area contributed by atoms with E-state index in [9.17, 15) is 18.8 Å². The summed E-state index contributed by atoms with van der Waals surface area (Å²) in [6, 6.07) is 12.1. The van der Waals surface area contributed by atoms with E-state index in [0.717, 1.165) is 24.1 Å². The first-order valence-corrected chi connectivity index (χ1v) is 8.54. The van der Waals surface area contributed by atoms with E-state index < -0.39 is 17.6 Å². The number of carbonyl (C=O) groups is 2. The highest BCUT2D eigenvalue weighted by Crippen LogP contribution is 2.13. The quantitative estimate of drug-likeness (QED) is 0.672. The van der Waals surface area contributed by atoms with Crippen LogP contribution in [0.15, 0.2) is 53.3 Å². The Bertz CT molecular complexity index is 1040. The van der Waals surface area contributed by atoms with Gasteiger partial charge in [-0.2, -0.15) is 0 Å². The molecule has 7 nitrogen and oxygen atoms in total. The zero-order chi connectivity index (χ0) is 19.4. The van der Waals surface area contributed by atoms with Crippen LogP contribution in [0.4, 0.5) is 4.39 Å². The summed E-state index contributed by atoms with van der Waals surface area (Å²) in [4.78, 5) is 36.8. The zero-order valence-electron chi connectivity index (χ0n) is 14.7. The SMILES string of the molecule is CCCn1c(=O)n(CC(=O)NNC(=O)c2ccc(F)cc2)c2ccccc21. The standard InChI is InChI=1S/C19H19FN4O3/c1-2-11-23-15-5-3-4-6-16(15)24(19(23)27)12-17(25)21-22-18(26)13-7-9-14(20)10-8-13/h3-10H,2,11-12H2,1H3,(H,21,25)(H,22,26). The number of hydrogen-bond acceptors (Lipinski definition) is 3. The Balaban J connectivity index is 1.73. The number of aryl methyl sites for hydroxylation is 1. The van der Waals surface area contributed by atoms with Crippen LogP contribution in [-0.2, 0) is 17.9 Å². The highest BCUT2D eigenvalue weighted by atomic mass is 19.1. The van der Waals surface area contributed by atoms with E-state index in [1.165, 1.54) is 16.7 Å². The Morgan fingerprint density at radius 2 is 1.59 bits per heavy atom. The maximum absolute atomic E-state index is 12.9. The van der Waals surface area contributed by atoms with Crippen LogP contribution in [-0.4, -0.2) is 20.9 Å². The third-order valence-electron chi connectivity index (χ3n) is 4.10. The lowest BCUT2D eigenvalue weighted by Gasteiger charge is -2.08. The Hall–Kier alpha value is -3.42. The molecule has 1 heterocycles. The van der Waals surface area contributed by atoms with E-state index in [0.29, 0.717) is 12.1 Å². The highest BCUT2D eigenvalue weighted by molar-refractivity contribution is 5.95. The fraction of sp³-hybridized carbons (Fsp3) is 0.211. The van der Waals surface area contributed by atoms with Crippen molar-refractivity contribution in [2.75, 3.05) is 0 Å². The molecular formula is C19H19FN4O3. The number of hydrazine groups is 1. The van der Waals surface area contributed by atoms with Gasteiger partial charge in [-0.05, 0) is 42.8 Å². The van der Waals surface area contributed by atoms with Gasteiger partial charge in [0.2, 0.25) is 0 Å². The summed E-state index contributed by atoms with van der Waals surface area (Å²) in [5.41, 5.74) is 5.86. The van der Waals surface area contributed by atoms with Crippen molar-refractivity contribution in [3.05, 3.63) is 70.4 Å². The Kier molecular flexibility index (Phi) is 5.35. The van der Waals surface area contributed by atoms with Crippen molar-refractivity contribution < 1.29 is 14.0 Å². The van der Waals surface area contributed by atoms with Crippen molar-refractivity contribution in [1.29, 1.82) is 0 Å². The number of nitrogens with zero attached hydrogens (tertiary/aromatic N) is 2. The number of fused-ring (bicyclic) bond motifs is 1. The van der Waals surface area contributed by atoms with E-state index in [2.05, 4.69) is 10.9 Å². The van der Waals surface area contributed by atoms with Crippen LogP contribution in [0.1, 0.15) is 23.7 Å². The minimum atomic E-state index is -0.580. The average Bonchev–Trinajstić information content (AvgIpc) is 2.93. The molecule has 0 saturated heterocycles. The van der Waals surface area contributed by atoms with Gasteiger partial charge in [-0.25, -0.2) is 9.18 Å². The van der Waals surface area contributed by atoms with Crippen molar-refractivity contribution >= 4 is 22.8 Å². The van der Waals surface area contributed by atoms with E-state index in [4.69, 9.17) is 0 Å². The molecule has 8 heteroatoms. The van der Waals surface area contributed by atoms with Gasteiger partial charge in [0, 0.05) is 12.1 Å². The molecule has 0 atom stereocenters. The first-order chi connectivity index (χ1) is 13.0. The Morgan fingerprint density at radius 3 is 2.22 bits per heavy atom. The van der Waals surface area contributed by atoms with Crippen LogP contribution in [0.3, 0.4) is 0 Å². The predicted molar refractivity (Wildman–Crippen MR) is 98.5 cm³/mol. The maximum Gasteiger partial charge on any atom is 0.329 e. The highest BCUT2D eigenvalue weighted by Gasteiger charge is 2.15. The molecule has 0 aliphatic carbocycles. The molecule has 0 spiro atoms. The van der Waals surface area contributed by atoms with Crippen molar-refractivity contribution in [3.63, 3.8) is 0 Å². The second kappa shape index (κ2) is 7.86. The predicted octanol–water partition coefficient (Wildman–Crippen LogP) is 1.81. The number of rotatable bonds is 5. The van der Waals surface area contributed by atoms with Crippen LogP contribution in [0, 0.1) is 5.82 Å². The normalized spacial score (nSPS) is 10.7. The van der Waals surface area contributed by atoms with Crippen molar-refractivity contribution in [1.82, 2.24) is 20.0 Å². The number of benzene rings is 2. The molecule has 0 aliphatic rings. The van der Waals surface area contributed by atoms with Gasteiger partial charge in [0.1, 0.15) is 12.4 Å². The average molecular weight is 370 g/mol. The molecular weight excluding hydrogens is 351 g/mol. The van der Waals surface area contributed by atoms with E-state index in [1.807, 2.05) is 19.1 Å². The van der Waals surface area contributed by atoms with Gasteiger partial charge in [-0.15, -0.1) is 0 Å². The van der Waals surface area contributed by atoms with Crippen molar-refractivity contribution in [3.8, 4) is 0 Å². The van der Waals surface area contributed by atoms with Crippen LogP contribution in [0.25, 0.3) is 11.0 Å². The molecule has 3 rings (SSSR count). The van der Waals surface area contributed by atoms with Crippen LogP contribution < -0.4 is 16.5 Å². The number of para-hydroxylation sites is 2. The number of carbonyl (C=O) groups excluding carboxylic acids is 2. The van der Waals surface area contributed by atoms with Gasteiger partial charge in [-0.3, -0.25) is 29.6 Å². The third-order valence-corrected chi connectivity index (χ3v) is 4.10. The first-order valence-electron chi connectivity index (χ1n) is 8.54. The Labute approximate surface area is 154 Å². The van der Waals surface area contributed by atoms with Gasteiger partial charge in [-0.1, -0.05) is 19.1 Å². The molecule has 27 heavy (non-hydrogen) atoms. The fourth-order valence-corrected chi connectivity index (χ4v) is 2.85. The number of halogens is 1. The van der Waals surface area contributed by atoms with Gasteiger partial charge in [0.25, 0.3) is 11.8 Å². The van der Waals surface area contributed by atoms with Gasteiger partial charge < -0.3 is 0 Å². The first kappa shape index (κ1) is 18.4. The summed E-state index contributed by atoms with van der Waals surface area (Å²) in [5.74, 6) is -1.59. The molecule has 3 aromatic rings. The largest absolute Gasteiger partial charge is 0.329 e. The van der Waals surface area contributed by atoms with Crippen LogP contribution in [0.2, 0.25) is 0 Å². The molecule has 140 valence electrons. The smallest absolute Gasteiger partial charge is 0.292 e. The molecule has 1 aromatic heterocycles. The number of aromatic nitrogens is 2. The molecule has 0 fully saturated rings. The molecule has 0 radical (unpaired) electrons. The molecule has 0 aliphatic heterocycles. The fourth-order valence-electron chi connectivity index (χ4n) is 2.85. The number of amides is 2. The number of nitrogens with one attached hydrogen (secondary N) is 2. The van der Waals surface area contributed by atoms with Gasteiger partial charge >= 0.3 is 5.69 Å². The molecule has 2 aromatic carbocycles. The third kappa shape index (κ3) is 3.89. The summed E-state index contributed by atoms with van der Waals surface area (Å²) in [6.07, 6.45) is 0.786. The van der Waals surface area contributed by atoms with Crippen molar-refractivity contribution in [2.24, 2.45) is 0 Å². The summed E-state index contributed by atoms with van der Waals surface area (Å²) in [5, 5.41) is 0. The topological polar surface area (TPSA) is 85.1 Å². The summed E-state index contributed by atoms with van der Waals surface area (Å²) < 4.78 is 15.9. The lowest BCUT2D eigenvalue weighted by molar-refractivity contribution is -0.122. The molecule has 0 saturated carbocycles. The summed E-state index contributed by atoms with van der Waals surface area (Å²) in [7, 11) is 0. The number of imidazole rings is 1.